The first-order valence-corrected chi connectivity index (χ1v) is 18.9. The molecule has 1 saturated carbocycles. The number of para-hydroxylation sites is 1. The van der Waals surface area contributed by atoms with Gasteiger partial charge in [0.1, 0.15) is 17.6 Å². The summed E-state index contributed by atoms with van der Waals surface area (Å²) < 4.78 is 22.0. The second-order valence-electron chi connectivity index (χ2n) is 15.2. The largest absolute Gasteiger partial charge is 0.372 e. The number of carbonyl (C=O) groups is 2. The van der Waals surface area contributed by atoms with Crippen LogP contribution in [-0.4, -0.2) is 81.2 Å². The minimum absolute atomic E-state index is 0.0875. The van der Waals surface area contributed by atoms with Crippen LogP contribution in [0.2, 0.25) is 0 Å². The highest BCUT2D eigenvalue weighted by atomic mass is 19.1. The van der Waals surface area contributed by atoms with Crippen LogP contribution in [0.3, 0.4) is 0 Å². The summed E-state index contributed by atoms with van der Waals surface area (Å²) in [4.78, 5) is 45.1. The summed E-state index contributed by atoms with van der Waals surface area (Å²) in [6.07, 6.45) is 12.4. The molecule has 2 unspecified atom stereocenters. The highest BCUT2D eigenvalue weighted by molar-refractivity contribution is 6.08. The number of piperidine rings is 2. The van der Waals surface area contributed by atoms with Crippen molar-refractivity contribution in [1.29, 1.82) is 0 Å². The number of fused-ring (bicyclic) bond motifs is 3. The molecule has 3 aliphatic rings. The second kappa shape index (κ2) is 13.8. The summed E-state index contributed by atoms with van der Waals surface area (Å²) in [6.45, 7) is 3.04. The minimum atomic E-state index is -1.09. The molecule has 9 rings (SSSR count). The van der Waals surface area contributed by atoms with Crippen molar-refractivity contribution in [3.05, 3.63) is 88.6 Å². The van der Waals surface area contributed by atoms with E-state index in [-0.39, 0.29) is 35.3 Å². The van der Waals surface area contributed by atoms with Gasteiger partial charge in [-0.25, -0.2) is 18.7 Å². The van der Waals surface area contributed by atoms with E-state index in [0.29, 0.717) is 29.4 Å². The van der Waals surface area contributed by atoms with Gasteiger partial charge in [-0.2, -0.15) is 10.2 Å². The maximum atomic E-state index is 15.1. The van der Waals surface area contributed by atoms with E-state index >= 15 is 4.39 Å². The normalized spacial score (nSPS) is 23.0. The Bertz CT molecular complexity index is 2450. The molecule has 2 aliphatic heterocycles. The Labute approximate surface area is 309 Å². The monoisotopic (exact) mass is 734 g/mol. The number of halogens is 1. The number of aliphatic hydroxyl groups is 1. The Morgan fingerprint density at radius 1 is 1.06 bits per heavy atom. The van der Waals surface area contributed by atoms with Gasteiger partial charge in [0, 0.05) is 50.1 Å². The maximum absolute atomic E-state index is 15.1. The third-order valence-electron chi connectivity index (χ3n) is 11.9. The number of carbonyl (C=O) groups excluding carboxylic acids is 2. The zero-order valence-electron chi connectivity index (χ0n) is 30.1. The molecule has 54 heavy (non-hydrogen) atoms. The number of amides is 2. The molecule has 2 saturated heterocycles. The van der Waals surface area contributed by atoms with E-state index in [2.05, 4.69) is 31.7 Å². The summed E-state index contributed by atoms with van der Waals surface area (Å²) in [6, 6.07) is 10.6. The Hall–Kier alpha value is -5.41. The van der Waals surface area contributed by atoms with Crippen molar-refractivity contribution in [3.63, 3.8) is 0 Å². The number of aryl methyl sites for hydroxylation is 1. The quantitative estimate of drug-likeness (QED) is 0.217. The number of rotatable bonds is 7. The summed E-state index contributed by atoms with van der Waals surface area (Å²) in [5.74, 6) is -0.306. The van der Waals surface area contributed by atoms with Crippen molar-refractivity contribution in [1.82, 2.24) is 43.7 Å². The number of anilines is 1. The van der Waals surface area contributed by atoms with Crippen LogP contribution in [0.25, 0.3) is 27.6 Å². The number of benzene rings is 2. The third kappa shape index (κ3) is 6.14. The first kappa shape index (κ1) is 34.4. The lowest BCUT2D eigenvalue weighted by Gasteiger charge is -2.37. The number of hydrogen-bond acceptors (Lipinski definition) is 8. The summed E-state index contributed by atoms with van der Waals surface area (Å²) in [7, 11) is 1.80. The summed E-state index contributed by atoms with van der Waals surface area (Å²) in [5, 5.41) is 25.5. The molecule has 6 aromatic rings. The van der Waals surface area contributed by atoms with Gasteiger partial charge in [0.2, 0.25) is 5.91 Å². The first-order chi connectivity index (χ1) is 26.2. The zero-order valence-corrected chi connectivity index (χ0v) is 30.1. The number of aliphatic hydroxyl groups excluding tert-OH is 1. The van der Waals surface area contributed by atoms with Gasteiger partial charge in [0.15, 0.2) is 5.65 Å². The van der Waals surface area contributed by atoms with E-state index in [0.717, 1.165) is 74.6 Å². The van der Waals surface area contributed by atoms with Gasteiger partial charge < -0.3 is 20.6 Å². The Balaban J connectivity index is 0.810. The van der Waals surface area contributed by atoms with Crippen LogP contribution in [0, 0.1) is 11.7 Å². The SMILES string of the molecule is Cn1c(=O)n(C2CCC(=O)NC2O)c2cccc(C3CCN(CC4CCC(n5cc6cc(NC(=O)c7cnn8cccnc78)c(F)cc6n5)CC4)CC3)c21. The van der Waals surface area contributed by atoms with Gasteiger partial charge in [0.25, 0.3) is 5.91 Å². The van der Waals surface area contributed by atoms with E-state index in [1.54, 1.807) is 40.7 Å². The molecule has 3 fully saturated rings. The molecule has 1 aliphatic carbocycles. The van der Waals surface area contributed by atoms with Gasteiger partial charge in [0.05, 0.1) is 40.5 Å². The molecule has 2 amide bonds. The number of nitrogens with zero attached hydrogens (tertiary/aromatic N) is 8. The molecule has 6 heterocycles. The Kier molecular flexibility index (Phi) is 8.77. The molecule has 3 N–H and O–H groups in total. The van der Waals surface area contributed by atoms with Crippen LogP contribution in [0.5, 0.6) is 0 Å². The predicted molar refractivity (Wildman–Crippen MR) is 200 cm³/mol. The molecule has 14 nitrogen and oxygen atoms in total. The summed E-state index contributed by atoms with van der Waals surface area (Å²) in [5.41, 5.74) is 4.02. The van der Waals surface area contributed by atoms with Crippen molar-refractivity contribution >= 4 is 45.1 Å². The lowest BCUT2D eigenvalue weighted by atomic mass is 9.84. The molecule has 0 spiro atoms. The molecular formula is C39H43FN10O4. The highest BCUT2D eigenvalue weighted by Gasteiger charge is 2.33. The van der Waals surface area contributed by atoms with Gasteiger partial charge in [-0.3, -0.25) is 23.4 Å². The smallest absolute Gasteiger partial charge is 0.329 e. The van der Waals surface area contributed by atoms with Gasteiger partial charge in [-0.15, -0.1) is 0 Å². The molecule has 280 valence electrons. The number of aromatic nitrogens is 7. The number of imidazole rings is 1. The fraction of sp³-hybridized carbons (Fsp3) is 0.436. The van der Waals surface area contributed by atoms with Crippen LogP contribution in [0.15, 0.2) is 66.0 Å². The molecule has 15 heteroatoms. The molecule has 4 aromatic heterocycles. The van der Waals surface area contributed by atoms with Gasteiger partial charge >= 0.3 is 5.69 Å². The van der Waals surface area contributed by atoms with Crippen LogP contribution in [0.4, 0.5) is 10.1 Å². The first-order valence-electron chi connectivity index (χ1n) is 18.9. The molecule has 0 bridgehead atoms. The molecule has 0 radical (unpaired) electrons. The van der Waals surface area contributed by atoms with Crippen molar-refractivity contribution in [2.75, 3.05) is 25.0 Å². The molecule has 2 aromatic carbocycles. The lowest BCUT2D eigenvalue weighted by Crippen LogP contribution is -2.47. The molecular weight excluding hydrogens is 691 g/mol. The van der Waals surface area contributed by atoms with Crippen molar-refractivity contribution in [2.24, 2.45) is 13.0 Å². The minimum Gasteiger partial charge on any atom is -0.372 e. The van der Waals surface area contributed by atoms with Crippen LogP contribution < -0.4 is 16.3 Å². The van der Waals surface area contributed by atoms with E-state index in [1.807, 2.05) is 23.0 Å². The van der Waals surface area contributed by atoms with Crippen LogP contribution in [0.1, 0.15) is 85.3 Å². The second-order valence-corrected chi connectivity index (χ2v) is 15.2. The van der Waals surface area contributed by atoms with E-state index in [4.69, 9.17) is 5.10 Å². The van der Waals surface area contributed by atoms with Crippen molar-refractivity contribution in [3.8, 4) is 0 Å². The van der Waals surface area contributed by atoms with Crippen molar-refractivity contribution in [2.45, 2.75) is 75.6 Å². The van der Waals surface area contributed by atoms with E-state index in [1.165, 1.54) is 22.3 Å². The highest BCUT2D eigenvalue weighted by Crippen LogP contribution is 2.37. The fourth-order valence-corrected chi connectivity index (χ4v) is 9.07. The standard InChI is InChI=1S/C39H43FN10O4/c1-46-35-27(4-2-5-32(35)50(39(46)54)33-10-11-34(51)44-38(33)53)24-12-16-47(17-13-24)21-23-6-8-26(9-7-23)49-22-25-18-31(29(40)19-30(25)45-49)43-37(52)28-20-42-48-15-3-14-41-36(28)48/h2-5,14-15,18-20,22-24,26,33,38,53H,6-13,16-17,21H2,1H3,(H,43,52)(H,44,51). The van der Waals surface area contributed by atoms with Crippen LogP contribution in [-0.2, 0) is 11.8 Å². The van der Waals surface area contributed by atoms with Crippen molar-refractivity contribution < 1.29 is 19.1 Å². The third-order valence-corrected chi connectivity index (χ3v) is 11.9. The average molecular weight is 735 g/mol. The average Bonchev–Trinajstić information content (AvgIpc) is 3.87. The van der Waals surface area contributed by atoms with E-state index in [9.17, 15) is 19.5 Å². The van der Waals surface area contributed by atoms with Gasteiger partial charge in [-0.1, -0.05) is 12.1 Å². The van der Waals surface area contributed by atoms with Gasteiger partial charge in [-0.05, 0) is 93.6 Å². The van der Waals surface area contributed by atoms with E-state index < -0.39 is 24.0 Å². The van der Waals surface area contributed by atoms with Crippen LogP contribution >= 0.6 is 0 Å². The number of nitrogens with one attached hydrogen (secondary N) is 2. The lowest BCUT2D eigenvalue weighted by molar-refractivity contribution is -0.128. The molecule has 2 atom stereocenters. The Morgan fingerprint density at radius 3 is 2.67 bits per heavy atom. The topological polar surface area (TPSA) is 157 Å². The zero-order chi connectivity index (χ0) is 37.1. The fourth-order valence-electron chi connectivity index (χ4n) is 9.07. The Morgan fingerprint density at radius 2 is 1.87 bits per heavy atom. The summed E-state index contributed by atoms with van der Waals surface area (Å²) >= 11 is 0. The maximum Gasteiger partial charge on any atom is 0.329 e. The number of likely N-dealkylation sites (tertiary alicyclic amines) is 1. The number of hydrogen-bond donors (Lipinski definition) is 3. The predicted octanol–water partition coefficient (Wildman–Crippen LogP) is 4.50.